The number of sulfone groups is 1. The van der Waals surface area contributed by atoms with Crippen LogP contribution in [0.4, 0.5) is 0 Å². The van der Waals surface area contributed by atoms with Crippen molar-refractivity contribution in [2.24, 2.45) is 5.92 Å². The number of rotatable bonds is 2. The molecule has 2 aliphatic heterocycles. The molecule has 1 amide bonds. The molecule has 120 valence electrons. The Morgan fingerprint density at radius 2 is 1.95 bits per heavy atom. The van der Waals surface area contributed by atoms with E-state index < -0.39 is 9.84 Å². The maximum atomic E-state index is 12.6. The number of nitrogens with zero attached hydrogens (tertiary/aromatic N) is 1. The molecule has 3 rings (SSSR count). The summed E-state index contributed by atoms with van der Waals surface area (Å²) in [6.07, 6.45) is 0.246. The molecular weight excluding hydrogens is 302 g/mol. The van der Waals surface area contributed by atoms with Crippen LogP contribution in [0.5, 0.6) is 0 Å². The standard InChI is InChI=1S/C16H21NO4S/c1-12-9-17(16(18)14-7-8-22(19,20)11-14)10-15(21-12)13-5-3-2-4-6-13/h2-6,12,14-15H,7-11H2,1H3/t12-,14+,15+/m1/s1. The summed E-state index contributed by atoms with van der Waals surface area (Å²) in [5.74, 6) is -0.303. The average molecular weight is 323 g/mol. The Bertz CT molecular complexity index is 643. The van der Waals surface area contributed by atoms with Crippen molar-refractivity contribution in [1.29, 1.82) is 0 Å². The molecule has 0 N–H and O–H groups in total. The Hall–Kier alpha value is -1.40. The normalized spacial score (nSPS) is 31.1. The molecule has 0 saturated carbocycles. The van der Waals surface area contributed by atoms with Crippen LogP contribution in [0.3, 0.4) is 0 Å². The van der Waals surface area contributed by atoms with E-state index in [9.17, 15) is 13.2 Å². The van der Waals surface area contributed by atoms with E-state index >= 15 is 0 Å². The predicted octanol–water partition coefficient (Wildman–Crippen LogP) is 1.41. The van der Waals surface area contributed by atoms with Crippen LogP contribution < -0.4 is 0 Å². The summed E-state index contributed by atoms with van der Waals surface area (Å²) in [7, 11) is -3.04. The average Bonchev–Trinajstić information content (AvgIpc) is 2.87. The fourth-order valence-corrected chi connectivity index (χ4v) is 4.96. The molecule has 6 heteroatoms. The van der Waals surface area contributed by atoms with Crippen molar-refractivity contribution in [2.45, 2.75) is 25.6 Å². The summed E-state index contributed by atoms with van der Waals surface area (Å²) in [6, 6.07) is 9.83. The van der Waals surface area contributed by atoms with E-state index in [4.69, 9.17) is 4.74 Å². The molecule has 1 aromatic rings. The molecule has 2 fully saturated rings. The molecule has 2 heterocycles. The van der Waals surface area contributed by atoms with Crippen LogP contribution in [0, 0.1) is 5.92 Å². The van der Waals surface area contributed by atoms with E-state index in [1.165, 1.54) is 0 Å². The highest BCUT2D eigenvalue weighted by molar-refractivity contribution is 7.91. The topological polar surface area (TPSA) is 63.7 Å². The van der Waals surface area contributed by atoms with E-state index in [2.05, 4.69) is 0 Å². The third kappa shape index (κ3) is 3.33. The molecule has 3 atom stereocenters. The number of carbonyl (C=O) groups excluding carboxylic acids is 1. The molecular formula is C16H21NO4S. The lowest BCUT2D eigenvalue weighted by atomic mass is 10.0. The molecule has 22 heavy (non-hydrogen) atoms. The first-order valence-corrected chi connectivity index (χ1v) is 9.46. The van der Waals surface area contributed by atoms with Crippen LogP contribution in [-0.2, 0) is 19.4 Å². The summed E-state index contributed by atoms with van der Waals surface area (Å²) in [5.41, 5.74) is 1.05. The van der Waals surface area contributed by atoms with Crippen LogP contribution in [0.1, 0.15) is 25.0 Å². The number of carbonyl (C=O) groups is 1. The second-order valence-electron chi connectivity index (χ2n) is 6.19. The number of ether oxygens (including phenoxy) is 1. The van der Waals surface area contributed by atoms with Crippen molar-refractivity contribution in [3.63, 3.8) is 0 Å². The number of benzene rings is 1. The van der Waals surface area contributed by atoms with Crippen LogP contribution in [0.25, 0.3) is 0 Å². The van der Waals surface area contributed by atoms with Crippen LogP contribution >= 0.6 is 0 Å². The third-order valence-corrected chi connectivity index (χ3v) is 6.09. The van der Waals surface area contributed by atoms with E-state index in [1.807, 2.05) is 37.3 Å². The van der Waals surface area contributed by atoms with Gasteiger partial charge in [0.1, 0.15) is 6.10 Å². The predicted molar refractivity (Wildman–Crippen MR) is 83.1 cm³/mol. The fraction of sp³-hybridized carbons (Fsp3) is 0.562. The lowest BCUT2D eigenvalue weighted by Gasteiger charge is -2.38. The zero-order valence-electron chi connectivity index (χ0n) is 12.6. The molecule has 0 spiro atoms. The second-order valence-corrected chi connectivity index (χ2v) is 8.42. The summed E-state index contributed by atoms with van der Waals surface area (Å²) in [5, 5.41) is 0. The number of hydrogen-bond donors (Lipinski definition) is 0. The zero-order valence-corrected chi connectivity index (χ0v) is 13.5. The highest BCUT2D eigenvalue weighted by Gasteiger charge is 2.38. The number of hydrogen-bond acceptors (Lipinski definition) is 4. The highest BCUT2D eigenvalue weighted by atomic mass is 32.2. The van der Waals surface area contributed by atoms with Crippen molar-refractivity contribution in [3.05, 3.63) is 35.9 Å². The van der Waals surface area contributed by atoms with Gasteiger partial charge in [0.2, 0.25) is 5.91 Å². The smallest absolute Gasteiger partial charge is 0.226 e. The minimum absolute atomic E-state index is 0.00637. The van der Waals surface area contributed by atoms with Gasteiger partial charge in [-0.25, -0.2) is 8.42 Å². The van der Waals surface area contributed by atoms with Gasteiger partial charge in [-0.05, 0) is 18.9 Å². The maximum absolute atomic E-state index is 12.6. The van der Waals surface area contributed by atoms with Crippen LogP contribution in [-0.4, -0.2) is 49.9 Å². The molecule has 2 saturated heterocycles. The number of morpholine rings is 1. The van der Waals surface area contributed by atoms with E-state index in [-0.39, 0.29) is 35.5 Å². The Labute approximate surface area is 131 Å². The lowest BCUT2D eigenvalue weighted by molar-refractivity contribution is -0.148. The van der Waals surface area contributed by atoms with Gasteiger partial charge in [-0.1, -0.05) is 30.3 Å². The Kier molecular flexibility index (Phi) is 4.23. The SMILES string of the molecule is C[C@@H]1CN(C(=O)[C@H]2CCS(=O)(=O)C2)C[C@@H](c2ccccc2)O1. The van der Waals surface area contributed by atoms with Crippen molar-refractivity contribution in [1.82, 2.24) is 4.90 Å². The zero-order chi connectivity index (χ0) is 15.7. The molecule has 1 aromatic carbocycles. The van der Waals surface area contributed by atoms with Gasteiger partial charge in [0.25, 0.3) is 0 Å². The quantitative estimate of drug-likeness (QED) is 0.825. The van der Waals surface area contributed by atoms with Gasteiger partial charge in [0.05, 0.1) is 30.1 Å². The summed E-state index contributed by atoms with van der Waals surface area (Å²) < 4.78 is 29.1. The van der Waals surface area contributed by atoms with Gasteiger partial charge >= 0.3 is 0 Å². The minimum atomic E-state index is -3.04. The molecule has 5 nitrogen and oxygen atoms in total. The minimum Gasteiger partial charge on any atom is -0.367 e. The van der Waals surface area contributed by atoms with E-state index in [0.717, 1.165) is 5.56 Å². The molecule has 2 aliphatic rings. The monoisotopic (exact) mass is 323 g/mol. The van der Waals surface area contributed by atoms with Crippen molar-refractivity contribution < 1.29 is 17.9 Å². The van der Waals surface area contributed by atoms with Gasteiger partial charge in [-0.15, -0.1) is 0 Å². The molecule has 0 unspecified atom stereocenters. The molecule has 0 bridgehead atoms. The van der Waals surface area contributed by atoms with Gasteiger partial charge in [-0.2, -0.15) is 0 Å². The highest BCUT2D eigenvalue weighted by Crippen LogP contribution is 2.28. The maximum Gasteiger partial charge on any atom is 0.226 e. The van der Waals surface area contributed by atoms with Gasteiger partial charge < -0.3 is 9.64 Å². The summed E-state index contributed by atoms with van der Waals surface area (Å²) >= 11 is 0. The van der Waals surface area contributed by atoms with Crippen molar-refractivity contribution in [2.75, 3.05) is 24.6 Å². The first-order valence-electron chi connectivity index (χ1n) is 7.64. The lowest BCUT2D eigenvalue weighted by Crippen LogP contribution is -2.48. The summed E-state index contributed by atoms with van der Waals surface area (Å²) in [4.78, 5) is 14.4. The molecule has 0 aromatic heterocycles. The van der Waals surface area contributed by atoms with Crippen LogP contribution in [0.15, 0.2) is 30.3 Å². The van der Waals surface area contributed by atoms with Crippen molar-refractivity contribution >= 4 is 15.7 Å². The van der Waals surface area contributed by atoms with Gasteiger partial charge in [0.15, 0.2) is 9.84 Å². The fourth-order valence-electron chi connectivity index (χ4n) is 3.23. The summed E-state index contributed by atoms with van der Waals surface area (Å²) in [6.45, 7) is 2.96. The Balaban J connectivity index is 1.72. The molecule has 0 aliphatic carbocycles. The largest absolute Gasteiger partial charge is 0.367 e. The van der Waals surface area contributed by atoms with E-state index in [0.29, 0.717) is 19.5 Å². The van der Waals surface area contributed by atoms with Gasteiger partial charge in [0, 0.05) is 6.54 Å². The van der Waals surface area contributed by atoms with Crippen molar-refractivity contribution in [3.8, 4) is 0 Å². The van der Waals surface area contributed by atoms with E-state index in [1.54, 1.807) is 4.90 Å². The van der Waals surface area contributed by atoms with Crippen LogP contribution in [0.2, 0.25) is 0 Å². The second kappa shape index (κ2) is 6.01. The number of amides is 1. The Morgan fingerprint density at radius 1 is 1.23 bits per heavy atom. The Morgan fingerprint density at radius 3 is 2.59 bits per heavy atom. The molecule has 0 radical (unpaired) electrons. The van der Waals surface area contributed by atoms with Gasteiger partial charge in [-0.3, -0.25) is 4.79 Å². The first kappa shape index (κ1) is 15.5. The third-order valence-electron chi connectivity index (χ3n) is 4.32. The first-order chi connectivity index (χ1) is 10.4.